The summed E-state index contributed by atoms with van der Waals surface area (Å²) in [5, 5.41) is 0. The van der Waals surface area contributed by atoms with Crippen LogP contribution in [0.5, 0.6) is 11.5 Å². The smallest absolute Gasteiger partial charge is 0.225 e. The molecule has 29 heavy (non-hydrogen) atoms. The fraction of sp³-hybridized carbons (Fsp3) is 0.565. The highest BCUT2D eigenvalue weighted by atomic mass is 16.6. The Morgan fingerprint density at radius 3 is 2.31 bits per heavy atom. The molecule has 0 atom stereocenters. The molecule has 1 amide bonds. The van der Waals surface area contributed by atoms with E-state index in [2.05, 4.69) is 10.8 Å². The summed E-state index contributed by atoms with van der Waals surface area (Å²) in [6.07, 6.45) is 8.55. The fourth-order valence-electron chi connectivity index (χ4n) is 4.52. The zero-order valence-electron chi connectivity index (χ0n) is 16.8. The molecule has 2 saturated heterocycles. The summed E-state index contributed by atoms with van der Waals surface area (Å²) in [6, 6.07) is 5.42. The molecule has 0 spiro atoms. The molecule has 6 heteroatoms. The average molecular weight is 396 g/mol. The van der Waals surface area contributed by atoms with Crippen LogP contribution in [0.25, 0.3) is 0 Å². The van der Waals surface area contributed by atoms with E-state index in [0.29, 0.717) is 49.9 Å². The number of benzene rings is 1. The molecule has 4 rings (SSSR count). The van der Waals surface area contributed by atoms with Crippen LogP contribution in [0.1, 0.15) is 36.0 Å². The maximum absolute atomic E-state index is 12.9. The molecule has 6 nitrogen and oxygen atoms in total. The first-order chi connectivity index (χ1) is 14.2. The summed E-state index contributed by atoms with van der Waals surface area (Å²) in [5.74, 6) is 4.45. The normalized spacial score (nSPS) is 20.9. The van der Waals surface area contributed by atoms with Gasteiger partial charge in [-0.25, -0.2) is 0 Å². The van der Waals surface area contributed by atoms with Gasteiger partial charge in [0, 0.05) is 30.5 Å². The largest absolute Gasteiger partial charge is 0.486 e. The number of ether oxygens (including phenoxy) is 2. The zero-order chi connectivity index (χ0) is 20.2. The number of carbonyl (C=O) groups excluding carboxylic acids is 2. The predicted molar refractivity (Wildman–Crippen MR) is 109 cm³/mol. The average Bonchev–Trinajstić information content (AvgIpc) is 2.78. The molecule has 1 aromatic carbocycles. The Kier molecular flexibility index (Phi) is 6.05. The summed E-state index contributed by atoms with van der Waals surface area (Å²) < 4.78 is 11.1. The highest BCUT2D eigenvalue weighted by Crippen LogP contribution is 2.33. The lowest BCUT2D eigenvalue weighted by Crippen LogP contribution is -2.46. The molecule has 3 aliphatic heterocycles. The van der Waals surface area contributed by atoms with Gasteiger partial charge in [0.1, 0.15) is 13.2 Å². The van der Waals surface area contributed by atoms with Gasteiger partial charge >= 0.3 is 0 Å². The minimum atomic E-state index is -0.0425. The fourth-order valence-corrected chi connectivity index (χ4v) is 4.52. The molecule has 3 heterocycles. The third-order valence-corrected chi connectivity index (χ3v) is 6.26. The number of Topliss-reactive ketones (excluding diaryl/α,β-unsaturated/α-hetero) is 1. The lowest BCUT2D eigenvalue weighted by Gasteiger charge is -2.36. The van der Waals surface area contributed by atoms with Crippen LogP contribution in [0, 0.1) is 24.2 Å². The lowest BCUT2D eigenvalue weighted by molar-refractivity contribution is -0.138. The van der Waals surface area contributed by atoms with E-state index in [1.165, 1.54) is 0 Å². The van der Waals surface area contributed by atoms with Crippen molar-refractivity contribution in [3.63, 3.8) is 0 Å². The third-order valence-electron chi connectivity index (χ3n) is 6.26. The van der Waals surface area contributed by atoms with E-state index in [-0.39, 0.29) is 23.5 Å². The Labute approximate surface area is 172 Å². The quantitative estimate of drug-likeness (QED) is 0.577. The number of fused-ring (bicyclic) bond motifs is 1. The molecule has 154 valence electrons. The minimum Gasteiger partial charge on any atom is -0.486 e. The van der Waals surface area contributed by atoms with Gasteiger partial charge < -0.3 is 14.4 Å². The van der Waals surface area contributed by atoms with Crippen LogP contribution in [0.15, 0.2) is 18.2 Å². The first kappa shape index (κ1) is 19.8. The van der Waals surface area contributed by atoms with Crippen LogP contribution >= 0.6 is 0 Å². The molecule has 1 aromatic rings. The summed E-state index contributed by atoms with van der Waals surface area (Å²) in [5.41, 5.74) is 0.667. The number of hydrogen-bond acceptors (Lipinski definition) is 5. The molecule has 0 saturated carbocycles. The molecule has 0 unspecified atom stereocenters. The van der Waals surface area contributed by atoms with Crippen LogP contribution in [0.3, 0.4) is 0 Å². The summed E-state index contributed by atoms with van der Waals surface area (Å²) in [6.45, 7) is 4.80. The van der Waals surface area contributed by atoms with E-state index >= 15 is 0 Å². The number of piperidine rings is 2. The van der Waals surface area contributed by atoms with Gasteiger partial charge in [0.25, 0.3) is 0 Å². The van der Waals surface area contributed by atoms with Gasteiger partial charge in [-0.2, -0.15) is 0 Å². The second-order valence-electron chi connectivity index (χ2n) is 8.08. The van der Waals surface area contributed by atoms with E-state index < -0.39 is 0 Å². The van der Waals surface area contributed by atoms with E-state index in [1.807, 2.05) is 17.0 Å². The van der Waals surface area contributed by atoms with Gasteiger partial charge in [0.05, 0.1) is 6.54 Å². The molecular formula is C23H28N2O4. The van der Waals surface area contributed by atoms with Gasteiger partial charge in [-0.1, -0.05) is 5.92 Å². The Morgan fingerprint density at radius 2 is 1.62 bits per heavy atom. The van der Waals surface area contributed by atoms with Crippen molar-refractivity contribution >= 4 is 11.7 Å². The van der Waals surface area contributed by atoms with Crippen molar-refractivity contribution < 1.29 is 19.1 Å². The SMILES string of the molecule is C#CCN1CCC(C(=O)N2CCC(C(=O)c3ccc4c(c3)OCCO4)CC2)CC1. The van der Waals surface area contributed by atoms with Crippen molar-refractivity contribution in [1.29, 1.82) is 0 Å². The van der Waals surface area contributed by atoms with Gasteiger partial charge in [0.15, 0.2) is 17.3 Å². The number of carbonyl (C=O) groups is 2. The van der Waals surface area contributed by atoms with Gasteiger partial charge in [-0.3, -0.25) is 14.5 Å². The van der Waals surface area contributed by atoms with Crippen molar-refractivity contribution in [3.05, 3.63) is 23.8 Å². The topological polar surface area (TPSA) is 59.1 Å². The standard InChI is InChI=1S/C23H28N2O4/c1-2-9-24-10-5-18(6-11-24)23(27)25-12-7-17(8-13-25)22(26)19-3-4-20-21(16-19)29-15-14-28-20/h1,3-4,16-18H,5-15H2. The number of amides is 1. The Bertz CT molecular complexity index is 800. The molecule has 0 aliphatic carbocycles. The Hall–Kier alpha value is -2.52. The molecule has 3 aliphatic rings. The summed E-state index contributed by atoms with van der Waals surface area (Å²) in [4.78, 5) is 30.0. The Morgan fingerprint density at radius 1 is 0.966 bits per heavy atom. The van der Waals surface area contributed by atoms with Crippen molar-refractivity contribution in [2.75, 3.05) is 45.9 Å². The first-order valence-corrected chi connectivity index (χ1v) is 10.5. The number of nitrogens with zero attached hydrogens (tertiary/aromatic N) is 2. The maximum atomic E-state index is 12.9. The van der Waals surface area contributed by atoms with Crippen molar-refractivity contribution in [1.82, 2.24) is 9.80 Å². The van der Waals surface area contributed by atoms with Crippen molar-refractivity contribution in [2.24, 2.45) is 11.8 Å². The van der Waals surface area contributed by atoms with Crippen LogP contribution < -0.4 is 9.47 Å². The molecule has 0 bridgehead atoms. The van der Waals surface area contributed by atoms with Crippen LogP contribution in [0.2, 0.25) is 0 Å². The minimum absolute atomic E-state index is 0.0425. The van der Waals surface area contributed by atoms with Crippen molar-refractivity contribution in [3.8, 4) is 23.8 Å². The second-order valence-corrected chi connectivity index (χ2v) is 8.08. The van der Waals surface area contributed by atoms with Gasteiger partial charge in [-0.05, 0) is 57.0 Å². The van der Waals surface area contributed by atoms with Gasteiger partial charge in [-0.15, -0.1) is 6.42 Å². The van der Waals surface area contributed by atoms with Crippen LogP contribution in [-0.4, -0.2) is 67.4 Å². The number of likely N-dealkylation sites (tertiary alicyclic amines) is 2. The van der Waals surface area contributed by atoms with E-state index in [1.54, 1.807) is 6.07 Å². The number of terminal acetylenes is 1. The van der Waals surface area contributed by atoms with E-state index in [4.69, 9.17) is 15.9 Å². The molecule has 0 radical (unpaired) electrons. The molecule has 0 aromatic heterocycles. The zero-order valence-corrected chi connectivity index (χ0v) is 16.8. The third kappa shape index (κ3) is 4.40. The van der Waals surface area contributed by atoms with E-state index in [0.717, 1.165) is 38.8 Å². The number of hydrogen-bond donors (Lipinski definition) is 0. The van der Waals surface area contributed by atoms with E-state index in [9.17, 15) is 9.59 Å². The van der Waals surface area contributed by atoms with Crippen LogP contribution in [0.4, 0.5) is 0 Å². The summed E-state index contributed by atoms with van der Waals surface area (Å²) >= 11 is 0. The lowest BCUT2D eigenvalue weighted by atomic mass is 9.87. The van der Waals surface area contributed by atoms with Crippen molar-refractivity contribution in [2.45, 2.75) is 25.7 Å². The maximum Gasteiger partial charge on any atom is 0.225 e. The highest BCUT2D eigenvalue weighted by molar-refractivity contribution is 5.98. The predicted octanol–water partition coefficient (Wildman–Crippen LogP) is 2.22. The monoisotopic (exact) mass is 396 g/mol. The second kappa shape index (κ2) is 8.87. The number of ketones is 1. The Balaban J connectivity index is 1.30. The molecular weight excluding hydrogens is 368 g/mol. The number of rotatable bonds is 4. The first-order valence-electron chi connectivity index (χ1n) is 10.5. The summed E-state index contributed by atoms with van der Waals surface area (Å²) in [7, 11) is 0. The van der Waals surface area contributed by atoms with Crippen LogP contribution in [-0.2, 0) is 4.79 Å². The van der Waals surface area contributed by atoms with Gasteiger partial charge in [0.2, 0.25) is 5.91 Å². The highest BCUT2D eigenvalue weighted by Gasteiger charge is 2.33. The molecule has 0 N–H and O–H groups in total. The molecule has 2 fully saturated rings.